The highest BCUT2D eigenvalue weighted by molar-refractivity contribution is 5.92. The number of carbonyl (C=O) groups is 3. The van der Waals surface area contributed by atoms with Crippen LogP contribution in [-0.2, 0) is 19.1 Å². The summed E-state index contributed by atoms with van der Waals surface area (Å²) in [5.41, 5.74) is 0. The smallest absolute Gasteiger partial charge is 0.328 e. The Morgan fingerprint density at radius 3 is 2.33 bits per heavy atom. The van der Waals surface area contributed by atoms with Crippen LogP contribution in [0, 0.1) is 5.92 Å². The summed E-state index contributed by atoms with van der Waals surface area (Å²) in [6.07, 6.45) is 3.25. The number of likely N-dealkylation sites (tertiary alicyclic amines) is 1. The zero-order valence-electron chi connectivity index (χ0n) is 11.9. The molecule has 0 aromatic heterocycles. The summed E-state index contributed by atoms with van der Waals surface area (Å²) in [5.74, 6) is -1.15. The van der Waals surface area contributed by atoms with Crippen LogP contribution in [0.15, 0.2) is 0 Å². The molecule has 1 aliphatic carbocycles. The largest absolute Gasteiger partial charge is 0.480 e. The van der Waals surface area contributed by atoms with Gasteiger partial charge in [-0.05, 0) is 25.7 Å². The summed E-state index contributed by atoms with van der Waals surface area (Å²) in [5, 5.41) is 9.22. The van der Waals surface area contributed by atoms with Gasteiger partial charge in [0.2, 0.25) is 11.8 Å². The highest BCUT2D eigenvalue weighted by atomic mass is 16.5. The molecule has 2 heterocycles. The molecule has 7 heteroatoms. The molecule has 2 aliphatic heterocycles. The molecule has 0 bridgehead atoms. The average Bonchev–Trinajstić information content (AvgIpc) is 3.22. The number of nitrogens with zero attached hydrogens (tertiary/aromatic N) is 2. The Bertz CT molecular complexity index is 462. The van der Waals surface area contributed by atoms with E-state index in [2.05, 4.69) is 0 Å². The minimum absolute atomic E-state index is 0.0182. The Balaban J connectivity index is 1.73. The van der Waals surface area contributed by atoms with E-state index in [9.17, 15) is 19.5 Å². The lowest BCUT2D eigenvalue weighted by atomic mass is 10.1. The van der Waals surface area contributed by atoms with Crippen LogP contribution in [0.5, 0.6) is 0 Å². The predicted octanol–water partition coefficient (Wildman–Crippen LogP) is -0.301. The summed E-state index contributed by atoms with van der Waals surface area (Å²) in [6.45, 7) is 1.24. The number of amides is 2. The predicted molar refractivity (Wildman–Crippen MR) is 71.4 cm³/mol. The van der Waals surface area contributed by atoms with Crippen molar-refractivity contribution < 1.29 is 24.2 Å². The number of carboxylic acid groups (broad SMARTS) is 1. The van der Waals surface area contributed by atoms with Gasteiger partial charge in [-0.2, -0.15) is 0 Å². The molecule has 2 unspecified atom stereocenters. The molecule has 0 spiro atoms. The fraction of sp³-hybridized carbons (Fsp3) is 0.786. The van der Waals surface area contributed by atoms with Crippen molar-refractivity contribution in [2.45, 2.75) is 37.8 Å². The second-order valence-corrected chi connectivity index (χ2v) is 5.92. The van der Waals surface area contributed by atoms with Crippen LogP contribution >= 0.6 is 0 Å². The van der Waals surface area contributed by atoms with Gasteiger partial charge < -0.3 is 19.6 Å². The fourth-order valence-corrected chi connectivity index (χ4v) is 3.12. The average molecular weight is 296 g/mol. The molecule has 3 rings (SSSR count). The quantitative estimate of drug-likeness (QED) is 0.772. The third-order valence-corrected chi connectivity index (χ3v) is 4.44. The molecule has 2 atom stereocenters. The molecule has 0 aromatic rings. The molecule has 21 heavy (non-hydrogen) atoms. The van der Waals surface area contributed by atoms with Crippen molar-refractivity contribution in [3.05, 3.63) is 0 Å². The minimum atomic E-state index is -1.05. The van der Waals surface area contributed by atoms with Crippen molar-refractivity contribution in [2.24, 2.45) is 5.92 Å². The van der Waals surface area contributed by atoms with Crippen molar-refractivity contribution in [3.8, 4) is 0 Å². The minimum Gasteiger partial charge on any atom is -0.480 e. The lowest BCUT2D eigenvalue weighted by molar-refractivity contribution is -0.161. The van der Waals surface area contributed by atoms with Crippen LogP contribution in [0.1, 0.15) is 25.7 Å². The first-order chi connectivity index (χ1) is 10.1. The maximum Gasteiger partial charge on any atom is 0.328 e. The van der Waals surface area contributed by atoms with Gasteiger partial charge in [-0.1, -0.05) is 0 Å². The first-order valence-electron chi connectivity index (χ1n) is 7.51. The third kappa shape index (κ3) is 2.74. The van der Waals surface area contributed by atoms with Crippen molar-refractivity contribution in [1.29, 1.82) is 0 Å². The lowest BCUT2D eigenvalue weighted by Gasteiger charge is -2.36. The fourth-order valence-electron chi connectivity index (χ4n) is 3.12. The number of rotatable bonds is 3. The first kappa shape index (κ1) is 14.3. The number of morpholine rings is 1. The topological polar surface area (TPSA) is 87.2 Å². The van der Waals surface area contributed by atoms with E-state index in [-0.39, 0.29) is 30.9 Å². The SMILES string of the molecule is O=C(O)C1COCCN1C(=O)C1CCCN1C(=O)C1CC1. The Morgan fingerprint density at radius 1 is 0.952 bits per heavy atom. The zero-order valence-corrected chi connectivity index (χ0v) is 11.9. The molecule has 0 aromatic carbocycles. The van der Waals surface area contributed by atoms with Crippen LogP contribution in [0.2, 0.25) is 0 Å². The van der Waals surface area contributed by atoms with Gasteiger partial charge in [0.15, 0.2) is 6.04 Å². The van der Waals surface area contributed by atoms with Crippen molar-refractivity contribution >= 4 is 17.8 Å². The van der Waals surface area contributed by atoms with Gasteiger partial charge in [-0.15, -0.1) is 0 Å². The van der Waals surface area contributed by atoms with Crippen molar-refractivity contribution in [2.75, 3.05) is 26.3 Å². The second-order valence-electron chi connectivity index (χ2n) is 5.92. The van der Waals surface area contributed by atoms with Crippen LogP contribution in [0.4, 0.5) is 0 Å². The molecule has 2 amide bonds. The lowest BCUT2D eigenvalue weighted by Crippen LogP contribution is -2.57. The van der Waals surface area contributed by atoms with Gasteiger partial charge in [0, 0.05) is 19.0 Å². The van der Waals surface area contributed by atoms with Gasteiger partial charge in [-0.25, -0.2) is 4.79 Å². The van der Waals surface area contributed by atoms with Gasteiger partial charge in [-0.3, -0.25) is 9.59 Å². The molecule has 0 radical (unpaired) electrons. The van der Waals surface area contributed by atoms with E-state index in [0.717, 1.165) is 19.3 Å². The van der Waals surface area contributed by atoms with E-state index >= 15 is 0 Å². The Morgan fingerprint density at radius 2 is 1.67 bits per heavy atom. The monoisotopic (exact) mass is 296 g/mol. The van der Waals surface area contributed by atoms with E-state index in [4.69, 9.17) is 4.74 Å². The van der Waals surface area contributed by atoms with Gasteiger partial charge in [0.05, 0.1) is 13.2 Å². The van der Waals surface area contributed by atoms with Gasteiger partial charge in [0.25, 0.3) is 0 Å². The number of hydrogen-bond acceptors (Lipinski definition) is 4. The number of carbonyl (C=O) groups excluding carboxylic acids is 2. The highest BCUT2D eigenvalue weighted by Gasteiger charge is 2.44. The van der Waals surface area contributed by atoms with E-state index < -0.39 is 18.1 Å². The molecule has 116 valence electrons. The highest BCUT2D eigenvalue weighted by Crippen LogP contribution is 2.34. The number of ether oxygens (including phenoxy) is 1. The van der Waals surface area contributed by atoms with Crippen LogP contribution in [-0.4, -0.2) is 71.1 Å². The normalized spacial score (nSPS) is 29.5. The Labute approximate surface area is 122 Å². The molecule has 1 saturated carbocycles. The molecular formula is C14H20N2O5. The molecule has 3 aliphatic rings. The maximum atomic E-state index is 12.7. The van der Waals surface area contributed by atoms with Crippen molar-refractivity contribution in [1.82, 2.24) is 9.80 Å². The van der Waals surface area contributed by atoms with Gasteiger partial charge >= 0.3 is 5.97 Å². The van der Waals surface area contributed by atoms with E-state index in [0.29, 0.717) is 19.6 Å². The maximum absolute atomic E-state index is 12.7. The Kier molecular flexibility index (Phi) is 3.84. The summed E-state index contributed by atoms with van der Waals surface area (Å²) < 4.78 is 5.15. The van der Waals surface area contributed by atoms with Crippen LogP contribution in [0.25, 0.3) is 0 Å². The molecule has 7 nitrogen and oxygen atoms in total. The van der Waals surface area contributed by atoms with E-state index in [1.54, 1.807) is 4.90 Å². The summed E-state index contributed by atoms with van der Waals surface area (Å²) in [7, 11) is 0. The summed E-state index contributed by atoms with van der Waals surface area (Å²) in [4.78, 5) is 39.2. The third-order valence-electron chi connectivity index (χ3n) is 4.44. The molecule has 1 N–H and O–H groups in total. The summed E-state index contributed by atoms with van der Waals surface area (Å²) >= 11 is 0. The zero-order chi connectivity index (χ0) is 15.0. The molecule has 2 saturated heterocycles. The number of aliphatic carboxylic acids is 1. The number of carboxylic acids is 1. The molecular weight excluding hydrogens is 276 g/mol. The van der Waals surface area contributed by atoms with E-state index in [1.165, 1.54) is 4.90 Å². The Hall–Kier alpha value is -1.63. The van der Waals surface area contributed by atoms with Crippen molar-refractivity contribution in [3.63, 3.8) is 0 Å². The van der Waals surface area contributed by atoms with Crippen LogP contribution < -0.4 is 0 Å². The van der Waals surface area contributed by atoms with Gasteiger partial charge in [0.1, 0.15) is 6.04 Å². The summed E-state index contributed by atoms with van der Waals surface area (Å²) in [6, 6.07) is -1.43. The standard InChI is InChI=1S/C14H20N2O5/c17-12(9-3-4-9)15-5-1-2-10(15)13(18)16-6-7-21-8-11(16)14(19)20/h9-11H,1-8H2,(H,19,20). The van der Waals surface area contributed by atoms with Crippen LogP contribution in [0.3, 0.4) is 0 Å². The first-order valence-corrected chi connectivity index (χ1v) is 7.51. The number of hydrogen-bond donors (Lipinski definition) is 1. The van der Waals surface area contributed by atoms with E-state index in [1.807, 2.05) is 0 Å². The molecule has 3 fully saturated rings. The second kappa shape index (κ2) is 5.63.